The molecule has 116 valence electrons. The van der Waals surface area contributed by atoms with Crippen LogP contribution in [-0.2, 0) is 4.74 Å². The van der Waals surface area contributed by atoms with Crippen LogP contribution in [-0.4, -0.2) is 35.4 Å². The number of aryl methyl sites for hydroxylation is 2. The second kappa shape index (κ2) is 6.32. The Bertz CT molecular complexity index is 672. The van der Waals surface area contributed by atoms with E-state index in [9.17, 15) is 4.79 Å². The Kier molecular flexibility index (Phi) is 4.24. The number of aromatic nitrogens is 2. The molecule has 0 bridgehead atoms. The predicted octanol–water partition coefficient (Wildman–Crippen LogP) is 2.60. The van der Waals surface area contributed by atoms with Gasteiger partial charge in [0.25, 0.3) is 5.91 Å². The van der Waals surface area contributed by atoms with Crippen molar-refractivity contribution in [3.05, 3.63) is 41.1 Å². The van der Waals surface area contributed by atoms with Crippen molar-refractivity contribution in [2.45, 2.75) is 32.8 Å². The molecule has 0 spiro atoms. The van der Waals surface area contributed by atoms with Crippen LogP contribution in [0, 0.1) is 13.8 Å². The van der Waals surface area contributed by atoms with Crippen molar-refractivity contribution < 1.29 is 9.53 Å². The van der Waals surface area contributed by atoms with Crippen molar-refractivity contribution in [1.82, 2.24) is 15.5 Å². The third-order valence-electron chi connectivity index (χ3n) is 4.14. The van der Waals surface area contributed by atoms with E-state index in [-0.39, 0.29) is 12.0 Å². The van der Waals surface area contributed by atoms with Crippen molar-refractivity contribution in [3.8, 4) is 11.3 Å². The van der Waals surface area contributed by atoms with E-state index in [4.69, 9.17) is 4.74 Å². The Balaban J connectivity index is 1.67. The maximum Gasteiger partial charge on any atom is 0.269 e. The summed E-state index contributed by atoms with van der Waals surface area (Å²) in [5, 5.41) is 9.94. The van der Waals surface area contributed by atoms with Crippen molar-refractivity contribution in [2.24, 2.45) is 0 Å². The number of hydrogen-bond donors (Lipinski definition) is 2. The summed E-state index contributed by atoms with van der Waals surface area (Å²) in [5.41, 5.74) is 4.73. The Labute approximate surface area is 130 Å². The van der Waals surface area contributed by atoms with Gasteiger partial charge in [0.15, 0.2) is 0 Å². The number of hydrogen-bond acceptors (Lipinski definition) is 3. The van der Waals surface area contributed by atoms with Gasteiger partial charge in [0.2, 0.25) is 0 Å². The molecule has 0 aliphatic carbocycles. The zero-order chi connectivity index (χ0) is 15.5. The van der Waals surface area contributed by atoms with Crippen molar-refractivity contribution in [1.29, 1.82) is 0 Å². The van der Waals surface area contributed by atoms with Gasteiger partial charge in [-0.3, -0.25) is 9.89 Å². The fraction of sp³-hybridized carbons (Fsp3) is 0.412. The van der Waals surface area contributed by atoms with E-state index in [1.54, 1.807) is 6.07 Å². The molecule has 2 heterocycles. The first-order valence-corrected chi connectivity index (χ1v) is 7.66. The lowest BCUT2D eigenvalue weighted by molar-refractivity contribution is 0.0853. The molecule has 0 radical (unpaired) electrons. The summed E-state index contributed by atoms with van der Waals surface area (Å²) < 4.78 is 5.50. The van der Waals surface area contributed by atoms with Crippen LogP contribution >= 0.6 is 0 Å². The highest BCUT2D eigenvalue weighted by atomic mass is 16.5. The molecule has 1 aromatic carbocycles. The summed E-state index contributed by atoms with van der Waals surface area (Å²) in [7, 11) is 0. The van der Waals surface area contributed by atoms with Gasteiger partial charge in [-0.1, -0.05) is 12.1 Å². The van der Waals surface area contributed by atoms with E-state index in [1.807, 2.05) is 6.07 Å². The van der Waals surface area contributed by atoms with Crippen molar-refractivity contribution in [3.63, 3.8) is 0 Å². The van der Waals surface area contributed by atoms with Gasteiger partial charge in [0, 0.05) is 18.7 Å². The van der Waals surface area contributed by atoms with Crippen LogP contribution in [0.25, 0.3) is 11.3 Å². The van der Waals surface area contributed by atoms with Crippen LogP contribution < -0.4 is 5.32 Å². The zero-order valence-corrected chi connectivity index (χ0v) is 13.0. The van der Waals surface area contributed by atoms with Gasteiger partial charge in [-0.05, 0) is 49.9 Å². The number of H-pyrrole nitrogens is 1. The Morgan fingerprint density at radius 1 is 1.36 bits per heavy atom. The van der Waals surface area contributed by atoms with E-state index in [2.05, 4.69) is 41.5 Å². The molecule has 5 nitrogen and oxygen atoms in total. The molecule has 1 saturated heterocycles. The Morgan fingerprint density at radius 2 is 2.23 bits per heavy atom. The fourth-order valence-corrected chi connectivity index (χ4v) is 2.59. The lowest BCUT2D eigenvalue weighted by Gasteiger charge is -2.09. The third kappa shape index (κ3) is 3.20. The minimum absolute atomic E-state index is 0.141. The maximum absolute atomic E-state index is 12.1. The summed E-state index contributed by atoms with van der Waals surface area (Å²) in [4.78, 5) is 12.1. The smallest absolute Gasteiger partial charge is 0.269 e. The predicted molar refractivity (Wildman–Crippen MR) is 84.8 cm³/mol. The molecule has 0 unspecified atom stereocenters. The zero-order valence-electron chi connectivity index (χ0n) is 13.0. The van der Waals surface area contributed by atoms with E-state index in [0.717, 1.165) is 30.7 Å². The van der Waals surface area contributed by atoms with Crippen LogP contribution in [0.5, 0.6) is 0 Å². The lowest BCUT2D eigenvalue weighted by atomic mass is 10.0. The molecule has 1 aromatic heterocycles. The van der Waals surface area contributed by atoms with Gasteiger partial charge < -0.3 is 10.1 Å². The van der Waals surface area contributed by atoms with Gasteiger partial charge in [0.05, 0.1) is 11.8 Å². The largest absolute Gasteiger partial charge is 0.376 e. The number of ether oxygens (including phenoxy) is 1. The lowest BCUT2D eigenvalue weighted by Crippen LogP contribution is -2.31. The second-order valence-corrected chi connectivity index (χ2v) is 5.81. The minimum atomic E-state index is -0.141. The van der Waals surface area contributed by atoms with Crippen molar-refractivity contribution in [2.75, 3.05) is 13.2 Å². The SMILES string of the molecule is Cc1ccc(-c2cc(C(=O)NC[C@@H]3CCCO3)[nH]n2)cc1C. The van der Waals surface area contributed by atoms with E-state index in [0.29, 0.717) is 12.2 Å². The number of rotatable bonds is 4. The normalized spacial score (nSPS) is 17.6. The van der Waals surface area contributed by atoms with Crippen LogP contribution in [0.15, 0.2) is 24.3 Å². The highest BCUT2D eigenvalue weighted by Crippen LogP contribution is 2.21. The maximum atomic E-state index is 12.1. The summed E-state index contributed by atoms with van der Waals surface area (Å²) >= 11 is 0. The monoisotopic (exact) mass is 299 g/mol. The van der Waals surface area contributed by atoms with E-state index in [1.165, 1.54) is 11.1 Å². The number of aromatic amines is 1. The molecule has 0 saturated carbocycles. The molecule has 3 rings (SSSR count). The van der Waals surface area contributed by atoms with Crippen LogP contribution in [0.4, 0.5) is 0 Å². The Hall–Kier alpha value is -2.14. The van der Waals surface area contributed by atoms with Gasteiger partial charge in [0.1, 0.15) is 5.69 Å². The number of amides is 1. The summed E-state index contributed by atoms with van der Waals surface area (Å²) in [6, 6.07) is 7.96. The number of benzene rings is 1. The quantitative estimate of drug-likeness (QED) is 0.912. The van der Waals surface area contributed by atoms with Crippen LogP contribution in [0.1, 0.15) is 34.5 Å². The first-order chi connectivity index (χ1) is 10.6. The molecule has 1 amide bonds. The Morgan fingerprint density at radius 3 is 2.95 bits per heavy atom. The van der Waals surface area contributed by atoms with Gasteiger partial charge in [-0.2, -0.15) is 5.10 Å². The van der Waals surface area contributed by atoms with Gasteiger partial charge in [-0.25, -0.2) is 0 Å². The molecule has 1 aliphatic rings. The number of carbonyl (C=O) groups excluding carboxylic acids is 1. The minimum Gasteiger partial charge on any atom is -0.376 e. The molecular formula is C17H21N3O2. The molecule has 2 N–H and O–H groups in total. The fourth-order valence-electron chi connectivity index (χ4n) is 2.59. The molecule has 2 aromatic rings. The molecule has 1 aliphatic heterocycles. The highest BCUT2D eigenvalue weighted by Gasteiger charge is 2.17. The third-order valence-corrected chi connectivity index (χ3v) is 4.14. The summed E-state index contributed by atoms with van der Waals surface area (Å²) in [5.74, 6) is -0.141. The number of carbonyl (C=O) groups is 1. The highest BCUT2D eigenvalue weighted by molar-refractivity contribution is 5.93. The van der Waals surface area contributed by atoms with E-state index < -0.39 is 0 Å². The van der Waals surface area contributed by atoms with Gasteiger partial charge >= 0.3 is 0 Å². The van der Waals surface area contributed by atoms with Crippen molar-refractivity contribution >= 4 is 5.91 Å². The first kappa shape index (κ1) is 14.8. The van der Waals surface area contributed by atoms with Crippen LogP contribution in [0.3, 0.4) is 0 Å². The number of nitrogens with one attached hydrogen (secondary N) is 2. The average Bonchev–Trinajstić information content (AvgIpc) is 3.18. The first-order valence-electron chi connectivity index (χ1n) is 7.66. The van der Waals surface area contributed by atoms with Gasteiger partial charge in [-0.15, -0.1) is 0 Å². The summed E-state index contributed by atoms with van der Waals surface area (Å²) in [6.45, 7) is 5.49. The average molecular weight is 299 g/mol. The molecular weight excluding hydrogens is 278 g/mol. The molecule has 22 heavy (non-hydrogen) atoms. The standard InChI is InChI=1S/C17H21N3O2/c1-11-5-6-13(8-12(11)2)15-9-16(20-19-15)17(21)18-10-14-4-3-7-22-14/h5-6,8-9,14H,3-4,7,10H2,1-2H3,(H,18,21)(H,19,20)/t14-/m0/s1. The topological polar surface area (TPSA) is 67.0 Å². The summed E-state index contributed by atoms with van der Waals surface area (Å²) in [6.07, 6.45) is 2.23. The number of nitrogens with zero attached hydrogens (tertiary/aromatic N) is 1. The second-order valence-electron chi connectivity index (χ2n) is 5.81. The molecule has 1 fully saturated rings. The molecule has 5 heteroatoms. The molecule has 1 atom stereocenters. The van der Waals surface area contributed by atoms with Crippen LogP contribution in [0.2, 0.25) is 0 Å². The van der Waals surface area contributed by atoms with E-state index >= 15 is 0 Å².